The van der Waals surface area contributed by atoms with Crippen LogP contribution in [-0.2, 0) is 0 Å². The number of hydrogen-bond donors (Lipinski definition) is 1. The van der Waals surface area contributed by atoms with Crippen molar-refractivity contribution in [3.8, 4) is 0 Å². The van der Waals surface area contributed by atoms with E-state index in [-0.39, 0.29) is 0 Å². The van der Waals surface area contributed by atoms with Crippen molar-refractivity contribution in [3.63, 3.8) is 0 Å². The number of fused-ring (bicyclic) bond motifs is 1. The lowest BCUT2D eigenvalue weighted by molar-refractivity contribution is 0.608. The molecule has 0 radical (unpaired) electrons. The molecule has 0 aliphatic rings. The quantitative estimate of drug-likeness (QED) is 0.826. The number of nitrogen functional groups attached to an aromatic ring is 1. The van der Waals surface area contributed by atoms with Gasteiger partial charge in [0.05, 0.1) is 6.20 Å². The minimum atomic E-state index is 0.395. The summed E-state index contributed by atoms with van der Waals surface area (Å²) in [5.41, 5.74) is 6.52. The molecule has 15 heavy (non-hydrogen) atoms. The first-order valence-electron chi connectivity index (χ1n) is 5.18. The largest absolute Gasteiger partial charge is 0.382 e. The molecule has 0 fully saturated rings. The van der Waals surface area contributed by atoms with E-state index >= 15 is 0 Å². The standard InChI is InChI=1S/C10H15N5/c1-3-4-7(2)10-12-5-8-9(11)13-6-14-15(8)10/h5-7H,3-4H2,1-2H3,(H2,11,13,14). The van der Waals surface area contributed by atoms with Gasteiger partial charge in [0.2, 0.25) is 0 Å². The Kier molecular flexibility index (Phi) is 2.53. The maximum absolute atomic E-state index is 5.73. The van der Waals surface area contributed by atoms with Crippen molar-refractivity contribution in [2.24, 2.45) is 0 Å². The Morgan fingerprint density at radius 1 is 1.47 bits per heavy atom. The third-order valence-electron chi connectivity index (χ3n) is 2.55. The van der Waals surface area contributed by atoms with Crippen molar-refractivity contribution in [1.29, 1.82) is 0 Å². The Bertz CT molecular complexity index is 462. The third-order valence-corrected chi connectivity index (χ3v) is 2.55. The molecular formula is C10H15N5. The maximum atomic E-state index is 5.73. The molecule has 1 unspecified atom stereocenters. The van der Waals surface area contributed by atoms with Crippen LogP contribution in [0.2, 0.25) is 0 Å². The summed E-state index contributed by atoms with van der Waals surface area (Å²) in [6, 6.07) is 0. The SMILES string of the molecule is CCCC(C)c1ncc2c(N)ncnn12. The number of hydrogen-bond acceptors (Lipinski definition) is 4. The van der Waals surface area contributed by atoms with Gasteiger partial charge in [-0.2, -0.15) is 5.10 Å². The van der Waals surface area contributed by atoms with Gasteiger partial charge >= 0.3 is 0 Å². The first-order chi connectivity index (χ1) is 7.24. The highest BCUT2D eigenvalue weighted by Crippen LogP contribution is 2.20. The lowest BCUT2D eigenvalue weighted by atomic mass is 10.1. The van der Waals surface area contributed by atoms with Gasteiger partial charge < -0.3 is 5.73 Å². The van der Waals surface area contributed by atoms with Gasteiger partial charge in [-0.05, 0) is 6.42 Å². The molecule has 0 aliphatic carbocycles. The molecule has 0 spiro atoms. The highest BCUT2D eigenvalue weighted by Gasteiger charge is 2.13. The molecule has 0 amide bonds. The van der Waals surface area contributed by atoms with Crippen LogP contribution < -0.4 is 5.73 Å². The van der Waals surface area contributed by atoms with E-state index in [0.29, 0.717) is 11.7 Å². The molecule has 2 rings (SSSR count). The molecule has 0 aromatic carbocycles. The minimum Gasteiger partial charge on any atom is -0.382 e. The molecule has 5 heteroatoms. The van der Waals surface area contributed by atoms with Crippen LogP contribution in [0.1, 0.15) is 38.4 Å². The fraction of sp³-hybridized carbons (Fsp3) is 0.500. The van der Waals surface area contributed by atoms with Crippen molar-refractivity contribution in [3.05, 3.63) is 18.3 Å². The van der Waals surface area contributed by atoms with Gasteiger partial charge in [0.15, 0.2) is 5.82 Å². The van der Waals surface area contributed by atoms with Crippen LogP contribution in [0.3, 0.4) is 0 Å². The highest BCUT2D eigenvalue weighted by molar-refractivity contribution is 5.63. The second-order valence-electron chi connectivity index (χ2n) is 3.75. The fourth-order valence-electron chi connectivity index (χ4n) is 1.76. The number of imidazole rings is 1. The summed E-state index contributed by atoms with van der Waals surface area (Å²) in [7, 11) is 0. The van der Waals surface area contributed by atoms with Gasteiger partial charge in [-0.15, -0.1) is 0 Å². The van der Waals surface area contributed by atoms with E-state index in [1.54, 1.807) is 10.7 Å². The molecular weight excluding hydrogens is 190 g/mol. The van der Waals surface area contributed by atoms with E-state index in [4.69, 9.17) is 5.73 Å². The molecule has 0 bridgehead atoms. The summed E-state index contributed by atoms with van der Waals surface area (Å²) in [5, 5.41) is 4.17. The average molecular weight is 205 g/mol. The summed E-state index contributed by atoms with van der Waals surface area (Å²) in [6.45, 7) is 4.31. The van der Waals surface area contributed by atoms with Crippen LogP contribution in [0, 0.1) is 0 Å². The number of nitrogens with two attached hydrogens (primary N) is 1. The maximum Gasteiger partial charge on any atom is 0.153 e. The first-order valence-corrected chi connectivity index (χ1v) is 5.18. The van der Waals surface area contributed by atoms with Crippen molar-refractivity contribution in [2.75, 3.05) is 5.73 Å². The van der Waals surface area contributed by atoms with E-state index in [0.717, 1.165) is 24.2 Å². The molecule has 80 valence electrons. The summed E-state index contributed by atoms with van der Waals surface area (Å²) >= 11 is 0. The molecule has 2 aromatic heterocycles. The Labute approximate surface area is 88.3 Å². The molecule has 5 nitrogen and oxygen atoms in total. The monoisotopic (exact) mass is 205 g/mol. The zero-order valence-electron chi connectivity index (χ0n) is 9.01. The van der Waals surface area contributed by atoms with E-state index in [1.807, 2.05) is 0 Å². The third kappa shape index (κ3) is 1.65. The topological polar surface area (TPSA) is 69.1 Å². The number of rotatable bonds is 3. The minimum absolute atomic E-state index is 0.395. The molecule has 0 saturated heterocycles. The van der Waals surface area contributed by atoms with E-state index < -0.39 is 0 Å². The van der Waals surface area contributed by atoms with Crippen LogP contribution in [-0.4, -0.2) is 19.6 Å². The molecule has 2 aromatic rings. The summed E-state index contributed by atoms with van der Waals surface area (Å²) in [6.07, 6.45) is 5.43. The van der Waals surface area contributed by atoms with Gasteiger partial charge in [0.1, 0.15) is 17.7 Å². The summed E-state index contributed by atoms with van der Waals surface area (Å²) in [4.78, 5) is 8.29. The molecule has 0 saturated carbocycles. The number of aromatic nitrogens is 4. The summed E-state index contributed by atoms with van der Waals surface area (Å²) in [5.74, 6) is 1.83. The highest BCUT2D eigenvalue weighted by atomic mass is 15.3. The Balaban J connectivity index is 2.49. The Morgan fingerprint density at radius 3 is 3.00 bits per heavy atom. The van der Waals surface area contributed by atoms with Gasteiger partial charge in [-0.1, -0.05) is 20.3 Å². The second kappa shape index (κ2) is 3.84. The second-order valence-corrected chi connectivity index (χ2v) is 3.75. The van der Waals surface area contributed by atoms with E-state index in [1.165, 1.54) is 6.33 Å². The van der Waals surface area contributed by atoms with Crippen LogP contribution in [0.4, 0.5) is 5.82 Å². The lowest BCUT2D eigenvalue weighted by Crippen LogP contribution is -2.05. The Hall–Kier alpha value is -1.65. The number of nitrogens with zero attached hydrogens (tertiary/aromatic N) is 4. The van der Waals surface area contributed by atoms with Gasteiger partial charge in [-0.3, -0.25) is 0 Å². The summed E-state index contributed by atoms with van der Waals surface area (Å²) < 4.78 is 1.78. The van der Waals surface area contributed by atoms with Gasteiger partial charge in [0, 0.05) is 5.92 Å². The molecule has 2 N–H and O–H groups in total. The lowest BCUT2D eigenvalue weighted by Gasteiger charge is -2.07. The van der Waals surface area contributed by atoms with Crippen molar-refractivity contribution in [1.82, 2.24) is 19.6 Å². The van der Waals surface area contributed by atoms with Crippen molar-refractivity contribution < 1.29 is 0 Å². The van der Waals surface area contributed by atoms with E-state index in [9.17, 15) is 0 Å². The van der Waals surface area contributed by atoms with Gasteiger partial charge in [-0.25, -0.2) is 14.5 Å². The zero-order valence-corrected chi connectivity index (χ0v) is 9.01. The fourth-order valence-corrected chi connectivity index (χ4v) is 1.76. The first kappa shape index (κ1) is 9.89. The van der Waals surface area contributed by atoms with Crippen molar-refractivity contribution >= 4 is 11.3 Å². The predicted molar refractivity (Wildman–Crippen MR) is 58.5 cm³/mol. The number of anilines is 1. The molecule has 1 atom stereocenters. The zero-order chi connectivity index (χ0) is 10.8. The van der Waals surface area contributed by atoms with Crippen LogP contribution >= 0.6 is 0 Å². The van der Waals surface area contributed by atoms with E-state index in [2.05, 4.69) is 28.9 Å². The molecule has 2 heterocycles. The van der Waals surface area contributed by atoms with Crippen LogP contribution in [0.15, 0.2) is 12.5 Å². The normalized spacial score (nSPS) is 13.2. The Morgan fingerprint density at radius 2 is 2.27 bits per heavy atom. The van der Waals surface area contributed by atoms with Crippen LogP contribution in [0.25, 0.3) is 5.52 Å². The smallest absolute Gasteiger partial charge is 0.153 e. The molecule has 0 aliphatic heterocycles. The van der Waals surface area contributed by atoms with Crippen molar-refractivity contribution in [2.45, 2.75) is 32.6 Å². The average Bonchev–Trinajstić information content (AvgIpc) is 2.63. The predicted octanol–water partition coefficient (Wildman–Crippen LogP) is 1.61. The van der Waals surface area contributed by atoms with Gasteiger partial charge in [0.25, 0.3) is 0 Å². The van der Waals surface area contributed by atoms with Crippen LogP contribution in [0.5, 0.6) is 0 Å².